The molecule has 0 bridgehead atoms. The molecule has 2 aromatic carbocycles. The molecule has 2 aliphatic heterocycles. The Balaban J connectivity index is 1.57. The number of anilines is 1. The first-order chi connectivity index (χ1) is 14.6. The summed E-state index contributed by atoms with van der Waals surface area (Å²) in [6.45, 7) is 6.43. The van der Waals surface area contributed by atoms with Gasteiger partial charge in [0.05, 0.1) is 28.3 Å². The molecule has 6 nitrogen and oxygen atoms in total. The molecule has 156 valence electrons. The third-order valence-electron chi connectivity index (χ3n) is 6.42. The molecule has 30 heavy (non-hydrogen) atoms. The van der Waals surface area contributed by atoms with Gasteiger partial charge in [0.2, 0.25) is 0 Å². The molecule has 0 aliphatic carbocycles. The van der Waals surface area contributed by atoms with Gasteiger partial charge >= 0.3 is 0 Å². The number of hydrogen-bond acceptors (Lipinski definition) is 4. The van der Waals surface area contributed by atoms with Crippen LogP contribution in [0.1, 0.15) is 40.6 Å². The number of amides is 1. The highest BCUT2D eigenvalue weighted by molar-refractivity contribution is 6.04. The van der Waals surface area contributed by atoms with E-state index in [0.717, 1.165) is 60.8 Å². The normalized spacial score (nSPS) is 20.3. The summed E-state index contributed by atoms with van der Waals surface area (Å²) in [5, 5.41) is 0. The zero-order valence-corrected chi connectivity index (χ0v) is 17.8. The van der Waals surface area contributed by atoms with E-state index in [1.54, 1.807) is 0 Å². The lowest BCUT2D eigenvalue weighted by molar-refractivity contribution is 0.0499. The highest BCUT2D eigenvalue weighted by Gasteiger charge is 2.33. The monoisotopic (exact) mass is 403 g/mol. The van der Waals surface area contributed by atoms with Crippen molar-refractivity contribution in [3.8, 4) is 0 Å². The van der Waals surface area contributed by atoms with Crippen LogP contribution in [0.5, 0.6) is 0 Å². The standard InChI is InChI=1S/C24H29N5O/c1-17-25-20-14-19(22(15-21(20)26-17)28-10-6-7-11-28)24(30)29-13-12-27(2)16-23(29)18-8-4-3-5-9-18/h3-5,8-9,14-15,23H,6-7,10-13,16H2,1-2H3,(H,25,26). The lowest BCUT2D eigenvalue weighted by atomic mass is 10.0. The van der Waals surface area contributed by atoms with E-state index in [-0.39, 0.29) is 11.9 Å². The minimum absolute atomic E-state index is 0.0584. The maximum Gasteiger partial charge on any atom is 0.256 e. The Kier molecular flexibility index (Phi) is 4.95. The minimum atomic E-state index is 0.0584. The van der Waals surface area contributed by atoms with Crippen LogP contribution in [-0.2, 0) is 0 Å². The first-order valence-corrected chi connectivity index (χ1v) is 10.9. The van der Waals surface area contributed by atoms with Crippen LogP contribution in [0.15, 0.2) is 42.5 Å². The first kappa shape index (κ1) is 19.1. The molecule has 2 saturated heterocycles. The molecule has 0 radical (unpaired) electrons. The SMILES string of the molecule is Cc1nc2cc(N3CCCC3)c(C(=O)N3CCN(C)CC3c3ccccc3)cc2[nH]1. The van der Waals surface area contributed by atoms with Gasteiger partial charge < -0.3 is 19.7 Å². The number of likely N-dealkylation sites (N-methyl/N-ethyl adjacent to an activating group) is 1. The van der Waals surface area contributed by atoms with Gasteiger partial charge in [0.1, 0.15) is 5.82 Å². The fraction of sp³-hybridized carbons (Fsp3) is 0.417. The molecule has 2 aliphatic rings. The Bertz CT molecular complexity index is 1050. The van der Waals surface area contributed by atoms with Crippen LogP contribution in [0.25, 0.3) is 11.0 Å². The van der Waals surface area contributed by atoms with Crippen LogP contribution in [0.3, 0.4) is 0 Å². The molecule has 1 amide bonds. The average Bonchev–Trinajstić information content (AvgIpc) is 3.41. The molecule has 3 aromatic rings. The highest BCUT2D eigenvalue weighted by Crippen LogP contribution is 2.33. The van der Waals surface area contributed by atoms with Crippen molar-refractivity contribution in [1.29, 1.82) is 0 Å². The van der Waals surface area contributed by atoms with E-state index in [4.69, 9.17) is 0 Å². The Morgan fingerprint density at radius 2 is 1.83 bits per heavy atom. The van der Waals surface area contributed by atoms with E-state index in [0.29, 0.717) is 0 Å². The van der Waals surface area contributed by atoms with Gasteiger partial charge in [0.15, 0.2) is 0 Å². The van der Waals surface area contributed by atoms with Crippen LogP contribution in [0, 0.1) is 6.92 Å². The van der Waals surface area contributed by atoms with E-state index in [9.17, 15) is 4.79 Å². The second kappa shape index (κ2) is 7.76. The average molecular weight is 404 g/mol. The topological polar surface area (TPSA) is 55.5 Å². The minimum Gasteiger partial charge on any atom is -0.371 e. The Morgan fingerprint density at radius 1 is 1.07 bits per heavy atom. The number of carbonyl (C=O) groups is 1. The molecule has 6 heteroatoms. The number of aromatic amines is 1. The number of hydrogen-bond donors (Lipinski definition) is 1. The van der Waals surface area contributed by atoms with E-state index in [1.165, 1.54) is 18.4 Å². The second-order valence-corrected chi connectivity index (χ2v) is 8.59. The predicted octanol–water partition coefficient (Wildman–Crippen LogP) is 3.60. The number of rotatable bonds is 3. The lowest BCUT2D eigenvalue weighted by Gasteiger charge is -2.41. The summed E-state index contributed by atoms with van der Waals surface area (Å²) in [6.07, 6.45) is 2.35. The van der Waals surface area contributed by atoms with Crippen LogP contribution < -0.4 is 4.90 Å². The Morgan fingerprint density at radius 3 is 2.60 bits per heavy atom. The van der Waals surface area contributed by atoms with E-state index in [1.807, 2.05) is 19.1 Å². The third kappa shape index (κ3) is 3.45. The first-order valence-electron chi connectivity index (χ1n) is 10.9. The summed E-state index contributed by atoms with van der Waals surface area (Å²) >= 11 is 0. The number of H-pyrrole nitrogens is 1. The summed E-state index contributed by atoms with van der Waals surface area (Å²) in [6, 6.07) is 14.6. The van der Waals surface area contributed by atoms with E-state index < -0.39 is 0 Å². The van der Waals surface area contributed by atoms with Crippen molar-refractivity contribution in [1.82, 2.24) is 19.8 Å². The van der Waals surface area contributed by atoms with Gasteiger partial charge in [-0.25, -0.2) is 4.98 Å². The molecule has 5 rings (SSSR count). The summed E-state index contributed by atoms with van der Waals surface area (Å²) < 4.78 is 0. The van der Waals surface area contributed by atoms with Gasteiger partial charge in [-0.15, -0.1) is 0 Å². The molecule has 0 saturated carbocycles. The number of fused-ring (bicyclic) bond motifs is 1. The Hall–Kier alpha value is -2.86. The van der Waals surface area contributed by atoms with Gasteiger partial charge in [-0.3, -0.25) is 4.79 Å². The van der Waals surface area contributed by atoms with Crippen LogP contribution >= 0.6 is 0 Å². The van der Waals surface area contributed by atoms with Crippen molar-refractivity contribution in [2.45, 2.75) is 25.8 Å². The van der Waals surface area contributed by atoms with Crippen molar-refractivity contribution < 1.29 is 4.79 Å². The zero-order chi connectivity index (χ0) is 20.7. The summed E-state index contributed by atoms with van der Waals surface area (Å²) in [4.78, 5) is 28.6. The summed E-state index contributed by atoms with van der Waals surface area (Å²) in [7, 11) is 2.13. The number of aryl methyl sites for hydroxylation is 1. The molecule has 3 heterocycles. The molecule has 1 atom stereocenters. The van der Waals surface area contributed by atoms with Crippen molar-refractivity contribution in [2.75, 3.05) is 44.7 Å². The Labute approximate surface area is 177 Å². The van der Waals surface area contributed by atoms with Crippen molar-refractivity contribution >= 4 is 22.6 Å². The molecule has 1 aromatic heterocycles. The van der Waals surface area contributed by atoms with Crippen molar-refractivity contribution in [2.24, 2.45) is 0 Å². The summed E-state index contributed by atoms with van der Waals surface area (Å²) in [5.41, 5.74) is 4.88. The van der Waals surface area contributed by atoms with Gasteiger partial charge in [-0.2, -0.15) is 0 Å². The quantitative estimate of drug-likeness (QED) is 0.726. The number of aromatic nitrogens is 2. The van der Waals surface area contributed by atoms with Gasteiger partial charge in [-0.1, -0.05) is 30.3 Å². The summed E-state index contributed by atoms with van der Waals surface area (Å²) in [5.74, 6) is 0.997. The third-order valence-corrected chi connectivity index (χ3v) is 6.42. The fourth-order valence-electron chi connectivity index (χ4n) is 4.84. The zero-order valence-electron chi connectivity index (χ0n) is 17.8. The van der Waals surface area contributed by atoms with Gasteiger partial charge in [-0.05, 0) is 44.5 Å². The molecule has 0 spiro atoms. The van der Waals surface area contributed by atoms with Crippen LogP contribution in [0.2, 0.25) is 0 Å². The van der Waals surface area contributed by atoms with Crippen molar-refractivity contribution in [3.05, 3.63) is 59.4 Å². The molecule has 2 fully saturated rings. The maximum atomic E-state index is 14.0. The number of carbonyl (C=O) groups excluding carboxylic acids is 1. The van der Waals surface area contributed by atoms with Gasteiger partial charge in [0, 0.05) is 32.7 Å². The second-order valence-electron chi connectivity index (χ2n) is 8.59. The van der Waals surface area contributed by atoms with Crippen LogP contribution in [0.4, 0.5) is 5.69 Å². The van der Waals surface area contributed by atoms with Crippen LogP contribution in [-0.4, -0.2) is 65.4 Å². The number of nitrogens with zero attached hydrogens (tertiary/aromatic N) is 4. The number of imidazole rings is 1. The fourth-order valence-corrected chi connectivity index (χ4v) is 4.84. The van der Waals surface area contributed by atoms with E-state index in [2.05, 4.69) is 62.0 Å². The number of piperazine rings is 1. The lowest BCUT2D eigenvalue weighted by Crippen LogP contribution is -2.49. The number of nitrogens with one attached hydrogen (secondary N) is 1. The molecular weight excluding hydrogens is 374 g/mol. The maximum absolute atomic E-state index is 14.0. The highest BCUT2D eigenvalue weighted by atomic mass is 16.2. The predicted molar refractivity (Wildman–Crippen MR) is 120 cm³/mol. The molecule has 1 unspecified atom stereocenters. The molecule has 1 N–H and O–H groups in total. The smallest absolute Gasteiger partial charge is 0.256 e. The van der Waals surface area contributed by atoms with Crippen molar-refractivity contribution in [3.63, 3.8) is 0 Å². The molecular formula is C24H29N5O. The largest absolute Gasteiger partial charge is 0.371 e. The van der Waals surface area contributed by atoms with E-state index >= 15 is 0 Å². The van der Waals surface area contributed by atoms with Gasteiger partial charge in [0.25, 0.3) is 5.91 Å². The number of benzene rings is 2.